The fraction of sp³-hybridized carbons (Fsp3) is 0.733. The third kappa shape index (κ3) is 41.2. The molecule has 0 bridgehead atoms. The molecule has 0 N–H and O–H groups in total. The summed E-state index contributed by atoms with van der Waals surface area (Å²) in [6.07, 6.45) is 43.9. The lowest BCUT2D eigenvalue weighted by atomic mass is 10.1. The van der Waals surface area contributed by atoms with Crippen molar-refractivity contribution in [3.8, 4) is 0 Å². The number of unbranched alkanes of at least 4 members (excludes halogenated alkanes) is 14. The summed E-state index contributed by atoms with van der Waals surface area (Å²) in [6.45, 7) is 4.10. The van der Waals surface area contributed by atoms with E-state index < -0.39 is 32.5 Å². The van der Waals surface area contributed by atoms with E-state index >= 15 is 0 Å². The Morgan fingerprint density at radius 2 is 0.982 bits per heavy atom. The van der Waals surface area contributed by atoms with Gasteiger partial charge in [-0.25, -0.2) is 0 Å². The summed E-state index contributed by atoms with van der Waals surface area (Å²) < 4.78 is 33.8. The van der Waals surface area contributed by atoms with E-state index in [1.165, 1.54) is 44.9 Å². The van der Waals surface area contributed by atoms with Gasteiger partial charge in [0.1, 0.15) is 19.8 Å². The third-order valence-corrected chi connectivity index (χ3v) is 9.72. The molecule has 0 amide bonds. The lowest BCUT2D eigenvalue weighted by Crippen LogP contribution is -2.37. The second-order valence-electron chi connectivity index (χ2n) is 15.3. The standard InChI is InChI=1S/C45H80NO8P/c1-6-8-10-12-14-16-18-20-21-22-23-24-25-26-28-30-32-34-36-38-45(48)54-43(42-53-55(49,50)52-40-39-46(3,4)5)41-51-44(47)37-35-33-31-29-27-19-17-15-13-11-9-7-2/h14-17,20-21,23-24,26,28,43H,6-13,18-19,22,25,27,29-42H2,1-5H3/b16-14-,17-15-,21-20-,24-23-,28-26-/t43-/m1/s1. The Hall–Kier alpha value is -2.29. The Labute approximate surface area is 336 Å². The largest absolute Gasteiger partial charge is 0.756 e. The predicted octanol–water partition coefficient (Wildman–Crippen LogP) is 11.4. The summed E-state index contributed by atoms with van der Waals surface area (Å²) >= 11 is 0. The van der Waals surface area contributed by atoms with Gasteiger partial charge in [-0.3, -0.25) is 14.2 Å². The molecule has 9 nitrogen and oxygen atoms in total. The van der Waals surface area contributed by atoms with E-state index in [4.69, 9.17) is 18.5 Å². The van der Waals surface area contributed by atoms with Crippen molar-refractivity contribution in [3.05, 3.63) is 60.8 Å². The number of quaternary nitrogens is 1. The summed E-state index contributed by atoms with van der Waals surface area (Å²) in [6, 6.07) is 0. The van der Waals surface area contributed by atoms with Gasteiger partial charge >= 0.3 is 11.9 Å². The number of phosphoric acid groups is 1. The van der Waals surface area contributed by atoms with Crippen LogP contribution in [0.3, 0.4) is 0 Å². The first-order valence-corrected chi connectivity index (χ1v) is 23.0. The molecular weight excluding hydrogens is 713 g/mol. The van der Waals surface area contributed by atoms with Crippen molar-refractivity contribution in [2.75, 3.05) is 47.5 Å². The Kier molecular flexibility index (Phi) is 35.7. The van der Waals surface area contributed by atoms with Gasteiger partial charge in [0, 0.05) is 12.8 Å². The molecule has 0 aromatic carbocycles. The summed E-state index contributed by atoms with van der Waals surface area (Å²) in [5.41, 5.74) is 0. The van der Waals surface area contributed by atoms with Crippen LogP contribution in [0.25, 0.3) is 0 Å². The van der Waals surface area contributed by atoms with Gasteiger partial charge in [-0.1, -0.05) is 126 Å². The first kappa shape index (κ1) is 52.7. The molecule has 0 aliphatic carbocycles. The summed E-state index contributed by atoms with van der Waals surface area (Å²) in [5, 5.41) is 0. The summed E-state index contributed by atoms with van der Waals surface area (Å²) in [5.74, 6) is -0.887. The molecular formula is C45H80NO8P. The zero-order valence-electron chi connectivity index (χ0n) is 35.6. The average Bonchev–Trinajstić information content (AvgIpc) is 3.13. The minimum absolute atomic E-state index is 0.0411. The van der Waals surface area contributed by atoms with E-state index in [2.05, 4.69) is 74.6 Å². The van der Waals surface area contributed by atoms with Gasteiger partial charge in [0.2, 0.25) is 0 Å². The molecule has 0 radical (unpaired) electrons. The van der Waals surface area contributed by atoms with E-state index in [0.29, 0.717) is 23.9 Å². The number of rotatable bonds is 38. The van der Waals surface area contributed by atoms with Crippen molar-refractivity contribution >= 4 is 19.8 Å². The summed E-state index contributed by atoms with van der Waals surface area (Å²) in [4.78, 5) is 37.5. The van der Waals surface area contributed by atoms with Crippen LogP contribution in [0.4, 0.5) is 0 Å². The van der Waals surface area contributed by atoms with E-state index in [1.54, 1.807) is 0 Å². The molecule has 2 atom stereocenters. The molecule has 0 heterocycles. The number of esters is 2. The molecule has 1 unspecified atom stereocenters. The maximum absolute atomic E-state index is 12.7. The molecule has 55 heavy (non-hydrogen) atoms. The van der Waals surface area contributed by atoms with Crippen LogP contribution in [0, 0.1) is 0 Å². The number of hydrogen-bond donors (Lipinski definition) is 0. The fourth-order valence-corrected chi connectivity index (χ4v) is 6.06. The molecule has 0 rings (SSSR count). The Morgan fingerprint density at radius 3 is 1.49 bits per heavy atom. The molecule has 10 heteroatoms. The van der Waals surface area contributed by atoms with Gasteiger partial charge < -0.3 is 27.9 Å². The van der Waals surface area contributed by atoms with E-state index in [1.807, 2.05) is 21.1 Å². The van der Waals surface area contributed by atoms with E-state index in [9.17, 15) is 19.0 Å². The molecule has 0 aromatic rings. The molecule has 318 valence electrons. The van der Waals surface area contributed by atoms with Crippen LogP contribution in [0.2, 0.25) is 0 Å². The number of nitrogens with zero attached hydrogens (tertiary/aromatic N) is 1. The fourth-order valence-electron chi connectivity index (χ4n) is 5.34. The number of allylic oxidation sites excluding steroid dienone is 10. The first-order valence-electron chi connectivity index (χ1n) is 21.5. The van der Waals surface area contributed by atoms with Crippen molar-refractivity contribution in [1.82, 2.24) is 0 Å². The average molecular weight is 794 g/mol. The molecule has 0 fully saturated rings. The lowest BCUT2D eigenvalue weighted by molar-refractivity contribution is -0.870. The van der Waals surface area contributed by atoms with Crippen molar-refractivity contribution < 1.29 is 42.1 Å². The second kappa shape index (κ2) is 37.3. The smallest absolute Gasteiger partial charge is 0.306 e. The van der Waals surface area contributed by atoms with Gasteiger partial charge in [0.15, 0.2) is 6.10 Å². The molecule has 0 saturated carbocycles. The molecule has 0 aliphatic heterocycles. The molecule has 0 saturated heterocycles. The van der Waals surface area contributed by atoms with Gasteiger partial charge in [0.25, 0.3) is 7.82 Å². The maximum Gasteiger partial charge on any atom is 0.306 e. The number of phosphoric ester groups is 1. The topological polar surface area (TPSA) is 111 Å². The van der Waals surface area contributed by atoms with Crippen LogP contribution < -0.4 is 4.89 Å². The highest BCUT2D eigenvalue weighted by Crippen LogP contribution is 2.38. The zero-order valence-corrected chi connectivity index (χ0v) is 36.5. The maximum atomic E-state index is 12.7. The van der Waals surface area contributed by atoms with Crippen LogP contribution in [0.15, 0.2) is 60.8 Å². The van der Waals surface area contributed by atoms with E-state index in [-0.39, 0.29) is 26.1 Å². The number of likely N-dealkylation sites (N-methyl/N-ethyl adjacent to an activating group) is 1. The normalized spacial score (nSPS) is 14.2. The van der Waals surface area contributed by atoms with Crippen molar-refractivity contribution in [2.24, 2.45) is 0 Å². The summed E-state index contributed by atoms with van der Waals surface area (Å²) in [7, 11) is 1.13. The second-order valence-corrected chi connectivity index (χ2v) is 16.8. The SMILES string of the molecule is CCCCC/C=C\C/C=C\C/C=C\C/C=C\CCCCCC(=O)O[C@H](COC(=O)CCCCCCC/C=C\CCCCC)COP(=O)([O-])OCC[N+](C)(C)C. The highest BCUT2D eigenvalue weighted by molar-refractivity contribution is 7.45. The van der Waals surface area contributed by atoms with Crippen LogP contribution in [-0.2, 0) is 32.7 Å². The molecule has 0 aromatic heterocycles. The number of hydrogen-bond acceptors (Lipinski definition) is 8. The zero-order chi connectivity index (χ0) is 40.7. The third-order valence-electron chi connectivity index (χ3n) is 8.76. The van der Waals surface area contributed by atoms with Crippen LogP contribution in [0.1, 0.15) is 162 Å². The van der Waals surface area contributed by atoms with Gasteiger partial charge in [-0.15, -0.1) is 0 Å². The van der Waals surface area contributed by atoms with Gasteiger partial charge in [-0.2, -0.15) is 0 Å². The monoisotopic (exact) mass is 794 g/mol. The Morgan fingerprint density at radius 1 is 0.564 bits per heavy atom. The number of carbonyl (C=O) groups is 2. The van der Waals surface area contributed by atoms with Crippen molar-refractivity contribution in [2.45, 2.75) is 168 Å². The van der Waals surface area contributed by atoms with Crippen molar-refractivity contribution in [3.63, 3.8) is 0 Å². The van der Waals surface area contributed by atoms with E-state index in [0.717, 1.165) is 77.0 Å². The molecule has 0 aliphatic rings. The Balaban J connectivity index is 4.46. The first-order chi connectivity index (χ1) is 26.5. The Bertz CT molecular complexity index is 1120. The van der Waals surface area contributed by atoms with Crippen LogP contribution >= 0.6 is 7.82 Å². The quantitative estimate of drug-likeness (QED) is 0.0200. The number of ether oxygens (including phenoxy) is 2. The van der Waals surface area contributed by atoms with Crippen LogP contribution in [-0.4, -0.2) is 70.0 Å². The lowest BCUT2D eigenvalue weighted by Gasteiger charge is -2.28. The highest BCUT2D eigenvalue weighted by atomic mass is 31.2. The van der Waals surface area contributed by atoms with Crippen molar-refractivity contribution in [1.29, 1.82) is 0 Å². The van der Waals surface area contributed by atoms with Gasteiger partial charge in [0.05, 0.1) is 27.7 Å². The molecule has 0 spiro atoms. The minimum atomic E-state index is -4.64. The van der Waals surface area contributed by atoms with Gasteiger partial charge in [-0.05, 0) is 83.5 Å². The number of carbonyl (C=O) groups excluding carboxylic acids is 2. The predicted molar refractivity (Wildman–Crippen MR) is 226 cm³/mol. The highest BCUT2D eigenvalue weighted by Gasteiger charge is 2.21. The minimum Gasteiger partial charge on any atom is -0.756 e. The van der Waals surface area contributed by atoms with Crippen LogP contribution in [0.5, 0.6) is 0 Å².